The van der Waals surface area contributed by atoms with E-state index in [-0.39, 0.29) is 0 Å². The van der Waals surface area contributed by atoms with Crippen molar-refractivity contribution in [1.82, 2.24) is 0 Å². The second-order valence-corrected chi connectivity index (χ2v) is 4.20. The van der Waals surface area contributed by atoms with Crippen LogP contribution in [-0.4, -0.2) is 19.8 Å². The molecule has 1 fully saturated rings. The maximum Gasteiger partial charge on any atom is 0.0462 e. The average molecular weight is 185 g/mol. The Kier molecular flexibility index (Phi) is 5.40. The summed E-state index contributed by atoms with van der Waals surface area (Å²) in [6.45, 7) is 0.905. The number of unbranched alkanes of at least 4 members (excludes halogenated alkanes) is 1. The summed E-state index contributed by atoms with van der Waals surface area (Å²) in [5, 5.41) is 0. The van der Waals surface area contributed by atoms with Gasteiger partial charge in [-0.3, -0.25) is 0 Å². The summed E-state index contributed by atoms with van der Waals surface area (Å²) in [4.78, 5) is 0. The van der Waals surface area contributed by atoms with Gasteiger partial charge in [-0.05, 0) is 31.6 Å². The van der Waals surface area contributed by atoms with Crippen LogP contribution in [0.4, 0.5) is 0 Å². The summed E-state index contributed by atoms with van der Waals surface area (Å²) in [5.41, 5.74) is 6.06. The van der Waals surface area contributed by atoms with Crippen LogP contribution in [0.3, 0.4) is 0 Å². The van der Waals surface area contributed by atoms with E-state index in [2.05, 4.69) is 0 Å². The summed E-state index contributed by atoms with van der Waals surface area (Å²) >= 11 is 0. The van der Waals surface area contributed by atoms with Gasteiger partial charge in [0.2, 0.25) is 0 Å². The van der Waals surface area contributed by atoms with E-state index < -0.39 is 0 Å². The Morgan fingerprint density at radius 2 is 2.00 bits per heavy atom. The molecule has 0 radical (unpaired) electrons. The molecule has 0 bridgehead atoms. The molecule has 2 N–H and O–H groups in total. The van der Waals surface area contributed by atoms with Crippen molar-refractivity contribution in [1.29, 1.82) is 0 Å². The first-order chi connectivity index (χ1) is 6.34. The highest BCUT2D eigenvalue weighted by atomic mass is 16.5. The Balaban J connectivity index is 2.05. The summed E-state index contributed by atoms with van der Waals surface area (Å²) < 4.78 is 5.03. The van der Waals surface area contributed by atoms with Gasteiger partial charge in [0, 0.05) is 19.8 Å². The molecule has 1 saturated carbocycles. The topological polar surface area (TPSA) is 35.2 Å². The molecule has 0 aromatic rings. The van der Waals surface area contributed by atoms with E-state index in [9.17, 15) is 0 Å². The Morgan fingerprint density at radius 1 is 1.23 bits per heavy atom. The lowest BCUT2D eigenvalue weighted by Gasteiger charge is -2.28. The van der Waals surface area contributed by atoms with Gasteiger partial charge in [-0.25, -0.2) is 0 Å². The van der Waals surface area contributed by atoms with Crippen LogP contribution in [0.2, 0.25) is 0 Å². The predicted molar refractivity (Wildman–Crippen MR) is 55.7 cm³/mol. The van der Waals surface area contributed by atoms with Crippen molar-refractivity contribution < 1.29 is 4.74 Å². The zero-order valence-electron chi connectivity index (χ0n) is 8.80. The van der Waals surface area contributed by atoms with E-state index in [1.807, 2.05) is 0 Å². The van der Waals surface area contributed by atoms with Crippen LogP contribution in [0.5, 0.6) is 0 Å². The Morgan fingerprint density at radius 3 is 2.69 bits per heavy atom. The van der Waals surface area contributed by atoms with Crippen LogP contribution in [0.15, 0.2) is 0 Å². The maximum atomic E-state index is 6.06. The quantitative estimate of drug-likeness (QED) is 0.667. The second kappa shape index (κ2) is 6.39. The fourth-order valence-electron chi connectivity index (χ4n) is 2.25. The number of methoxy groups -OCH3 is 1. The molecule has 0 aromatic carbocycles. The fourth-order valence-corrected chi connectivity index (χ4v) is 2.25. The maximum absolute atomic E-state index is 6.06. The summed E-state index contributed by atoms with van der Waals surface area (Å²) in [6, 6.07) is 0.483. The molecule has 0 spiro atoms. The van der Waals surface area contributed by atoms with Crippen LogP contribution in [0.25, 0.3) is 0 Å². The van der Waals surface area contributed by atoms with Crippen molar-refractivity contribution >= 4 is 0 Å². The molecule has 2 unspecified atom stereocenters. The number of nitrogens with two attached hydrogens (primary N) is 1. The summed E-state index contributed by atoms with van der Waals surface area (Å²) in [6.07, 6.45) is 9.12. The van der Waals surface area contributed by atoms with E-state index in [1.54, 1.807) is 7.11 Å². The van der Waals surface area contributed by atoms with E-state index in [0.29, 0.717) is 6.04 Å². The van der Waals surface area contributed by atoms with Gasteiger partial charge in [0.25, 0.3) is 0 Å². The van der Waals surface area contributed by atoms with Gasteiger partial charge < -0.3 is 10.5 Å². The molecule has 13 heavy (non-hydrogen) atoms. The van der Waals surface area contributed by atoms with Crippen molar-refractivity contribution in [2.24, 2.45) is 11.7 Å². The molecule has 1 aliphatic rings. The number of rotatable bonds is 5. The fraction of sp³-hybridized carbons (Fsp3) is 1.00. The lowest BCUT2D eigenvalue weighted by Crippen LogP contribution is -2.32. The van der Waals surface area contributed by atoms with Crippen molar-refractivity contribution in [3.63, 3.8) is 0 Å². The standard InChI is InChI=1S/C11H23NO/c1-13-9-5-4-7-10-6-2-3-8-11(10)12/h10-11H,2-9,12H2,1H3. The number of hydrogen-bond donors (Lipinski definition) is 1. The first kappa shape index (κ1) is 11.0. The Labute approximate surface area is 81.8 Å². The van der Waals surface area contributed by atoms with Gasteiger partial charge in [0.1, 0.15) is 0 Å². The molecular formula is C11H23NO. The zero-order valence-corrected chi connectivity index (χ0v) is 8.80. The predicted octanol–water partition coefficient (Wildman–Crippen LogP) is 2.32. The molecular weight excluding hydrogens is 162 g/mol. The molecule has 2 atom stereocenters. The molecule has 0 saturated heterocycles. The van der Waals surface area contributed by atoms with Crippen LogP contribution in [-0.2, 0) is 4.74 Å². The zero-order chi connectivity index (χ0) is 9.52. The van der Waals surface area contributed by atoms with Gasteiger partial charge in [-0.2, -0.15) is 0 Å². The minimum Gasteiger partial charge on any atom is -0.385 e. The minimum atomic E-state index is 0.483. The van der Waals surface area contributed by atoms with Crippen molar-refractivity contribution in [2.45, 2.75) is 51.0 Å². The van der Waals surface area contributed by atoms with E-state index >= 15 is 0 Å². The minimum absolute atomic E-state index is 0.483. The number of ether oxygens (including phenoxy) is 1. The third-order valence-corrected chi connectivity index (χ3v) is 3.14. The van der Waals surface area contributed by atoms with Crippen LogP contribution < -0.4 is 5.73 Å². The molecule has 2 nitrogen and oxygen atoms in total. The number of hydrogen-bond acceptors (Lipinski definition) is 2. The molecule has 1 rings (SSSR count). The Hall–Kier alpha value is -0.0800. The lowest BCUT2D eigenvalue weighted by atomic mass is 9.82. The monoisotopic (exact) mass is 185 g/mol. The van der Waals surface area contributed by atoms with Gasteiger partial charge >= 0.3 is 0 Å². The van der Waals surface area contributed by atoms with Crippen LogP contribution in [0, 0.1) is 5.92 Å². The van der Waals surface area contributed by atoms with E-state index in [1.165, 1.54) is 44.9 Å². The molecule has 78 valence electrons. The smallest absolute Gasteiger partial charge is 0.0462 e. The van der Waals surface area contributed by atoms with Crippen LogP contribution >= 0.6 is 0 Å². The van der Waals surface area contributed by atoms with E-state index in [0.717, 1.165) is 12.5 Å². The van der Waals surface area contributed by atoms with Gasteiger partial charge in [-0.1, -0.05) is 19.3 Å². The van der Waals surface area contributed by atoms with Crippen LogP contribution in [0.1, 0.15) is 44.9 Å². The first-order valence-electron chi connectivity index (χ1n) is 5.59. The SMILES string of the molecule is COCCCCC1CCCCC1N. The third-order valence-electron chi connectivity index (χ3n) is 3.14. The van der Waals surface area contributed by atoms with Crippen molar-refractivity contribution in [2.75, 3.05) is 13.7 Å². The van der Waals surface area contributed by atoms with E-state index in [4.69, 9.17) is 10.5 Å². The highest BCUT2D eigenvalue weighted by Crippen LogP contribution is 2.26. The third kappa shape index (κ3) is 4.10. The lowest BCUT2D eigenvalue weighted by molar-refractivity contribution is 0.186. The van der Waals surface area contributed by atoms with Crippen molar-refractivity contribution in [3.8, 4) is 0 Å². The molecule has 0 heterocycles. The Bertz CT molecular complexity index is 127. The van der Waals surface area contributed by atoms with Gasteiger partial charge in [0.15, 0.2) is 0 Å². The molecule has 0 amide bonds. The molecule has 0 aromatic heterocycles. The van der Waals surface area contributed by atoms with Gasteiger partial charge in [-0.15, -0.1) is 0 Å². The summed E-state index contributed by atoms with van der Waals surface area (Å²) in [7, 11) is 1.77. The summed E-state index contributed by atoms with van der Waals surface area (Å²) in [5.74, 6) is 0.797. The second-order valence-electron chi connectivity index (χ2n) is 4.20. The molecule has 1 aliphatic carbocycles. The highest BCUT2D eigenvalue weighted by molar-refractivity contribution is 4.77. The molecule has 0 aliphatic heterocycles. The van der Waals surface area contributed by atoms with Crippen molar-refractivity contribution in [3.05, 3.63) is 0 Å². The normalized spacial score (nSPS) is 29.1. The van der Waals surface area contributed by atoms with Gasteiger partial charge in [0.05, 0.1) is 0 Å². The highest BCUT2D eigenvalue weighted by Gasteiger charge is 2.20. The first-order valence-corrected chi connectivity index (χ1v) is 5.59. The molecule has 2 heteroatoms. The largest absolute Gasteiger partial charge is 0.385 e. The average Bonchev–Trinajstić information content (AvgIpc) is 2.15.